The first-order valence-corrected chi connectivity index (χ1v) is 9.41. The van der Waals surface area contributed by atoms with Crippen LogP contribution in [0.3, 0.4) is 0 Å². The maximum atomic E-state index is 13.7. The molecule has 4 heterocycles. The van der Waals surface area contributed by atoms with Gasteiger partial charge in [0.25, 0.3) is 34.8 Å². The van der Waals surface area contributed by atoms with E-state index in [4.69, 9.17) is 4.74 Å². The highest BCUT2D eigenvalue weighted by atomic mass is 16.5. The average Bonchev–Trinajstić information content (AvgIpc) is 3.12. The number of aromatic nitrogens is 2. The summed E-state index contributed by atoms with van der Waals surface area (Å²) in [5, 5.41) is 0. The fourth-order valence-electron chi connectivity index (χ4n) is 4.54. The lowest BCUT2D eigenvalue weighted by Gasteiger charge is -2.48. The summed E-state index contributed by atoms with van der Waals surface area (Å²) in [4.78, 5) is 107. The van der Waals surface area contributed by atoms with Crippen LogP contribution in [0.15, 0.2) is 9.59 Å². The molecule has 0 aliphatic carbocycles. The molecule has 0 bridgehead atoms. The fourth-order valence-corrected chi connectivity index (χ4v) is 4.54. The van der Waals surface area contributed by atoms with Crippen LogP contribution in [0.4, 0.5) is 9.59 Å². The summed E-state index contributed by atoms with van der Waals surface area (Å²) >= 11 is 0. The standard InChI is InChI=1S/C18H18N6O9/c1-19-8(25)7-9(20(2)14(19)30)33-18(12(28)23(5)16(32)24(6)13(18)29)17(7)10(26)21(3)15(31)22(4)11(17)27/h1-6H3. The SMILES string of the molecule is CN1C(=O)N(C)C(=O)C2(Oc3c(c(=O)n(C)c(=O)n3C)C23C(=O)N(C)C(=O)N(C)C3=O)C1=O. The summed E-state index contributed by atoms with van der Waals surface area (Å²) in [6, 6.07) is -2.17. The number of rotatable bonds is 0. The maximum absolute atomic E-state index is 13.7. The third-order valence-electron chi connectivity index (χ3n) is 6.37. The van der Waals surface area contributed by atoms with Crippen molar-refractivity contribution in [2.45, 2.75) is 11.0 Å². The van der Waals surface area contributed by atoms with Crippen LogP contribution in [-0.4, -0.2) is 98.2 Å². The van der Waals surface area contributed by atoms with Crippen LogP contribution in [0.2, 0.25) is 0 Å². The van der Waals surface area contributed by atoms with Crippen LogP contribution < -0.4 is 16.0 Å². The second-order valence-electron chi connectivity index (χ2n) is 7.94. The molecular weight excluding hydrogens is 444 g/mol. The normalized spacial score (nSPS) is 21.5. The molecule has 0 radical (unpaired) electrons. The number of ether oxygens (including phenoxy) is 1. The zero-order chi connectivity index (χ0) is 24.9. The lowest BCUT2D eigenvalue weighted by Crippen LogP contribution is -2.82. The first-order chi connectivity index (χ1) is 15.2. The van der Waals surface area contributed by atoms with Crippen molar-refractivity contribution in [2.75, 3.05) is 28.2 Å². The van der Waals surface area contributed by atoms with Crippen LogP contribution >= 0.6 is 0 Å². The molecule has 0 atom stereocenters. The molecule has 15 nitrogen and oxygen atoms in total. The molecular formula is C18H18N6O9. The van der Waals surface area contributed by atoms with E-state index in [1.165, 1.54) is 0 Å². The van der Waals surface area contributed by atoms with E-state index < -0.39 is 69.4 Å². The van der Waals surface area contributed by atoms with Crippen LogP contribution in [0.5, 0.6) is 5.88 Å². The number of fused-ring (bicyclic) bond motifs is 3. The Morgan fingerprint density at radius 3 is 1.39 bits per heavy atom. The molecule has 3 aliphatic rings. The van der Waals surface area contributed by atoms with Gasteiger partial charge in [0.1, 0.15) is 5.56 Å². The molecule has 2 fully saturated rings. The minimum Gasteiger partial charge on any atom is -0.449 e. The van der Waals surface area contributed by atoms with Crippen LogP contribution in [0.1, 0.15) is 5.56 Å². The number of nitrogens with zero attached hydrogens (tertiary/aromatic N) is 6. The fraction of sp³-hybridized carbons (Fsp3) is 0.444. The van der Waals surface area contributed by atoms with E-state index in [0.717, 1.165) is 46.9 Å². The van der Waals surface area contributed by atoms with Crippen molar-refractivity contribution in [2.24, 2.45) is 14.1 Å². The first kappa shape index (κ1) is 21.9. The molecule has 1 aromatic rings. The molecule has 0 N–H and O–H groups in total. The molecule has 1 aromatic heterocycles. The third-order valence-corrected chi connectivity index (χ3v) is 6.37. The molecule has 0 aromatic carbocycles. The largest absolute Gasteiger partial charge is 0.449 e. The number of hydrogen-bond donors (Lipinski definition) is 0. The number of imide groups is 4. The Morgan fingerprint density at radius 2 is 0.970 bits per heavy atom. The quantitative estimate of drug-likeness (QED) is 0.356. The van der Waals surface area contributed by atoms with Crippen molar-refractivity contribution in [3.05, 3.63) is 26.4 Å². The highest BCUT2D eigenvalue weighted by Crippen LogP contribution is 2.53. The van der Waals surface area contributed by atoms with Gasteiger partial charge in [-0.2, -0.15) is 0 Å². The molecule has 0 saturated carbocycles. The molecule has 33 heavy (non-hydrogen) atoms. The van der Waals surface area contributed by atoms with E-state index in [9.17, 15) is 38.4 Å². The predicted octanol–water partition coefficient (Wildman–Crippen LogP) is -3.45. The molecule has 3 aliphatic heterocycles. The summed E-state index contributed by atoms with van der Waals surface area (Å²) in [7, 11) is 6.16. The van der Waals surface area contributed by atoms with Crippen molar-refractivity contribution >= 4 is 35.7 Å². The number of urea groups is 2. The van der Waals surface area contributed by atoms with Crippen LogP contribution in [0, 0.1) is 0 Å². The van der Waals surface area contributed by atoms with Crippen LogP contribution in [0.25, 0.3) is 0 Å². The van der Waals surface area contributed by atoms with Gasteiger partial charge in [0, 0.05) is 42.3 Å². The average molecular weight is 462 g/mol. The molecule has 15 heteroatoms. The van der Waals surface area contributed by atoms with Crippen molar-refractivity contribution in [3.8, 4) is 5.88 Å². The Labute approximate surface area is 184 Å². The molecule has 174 valence electrons. The van der Waals surface area contributed by atoms with Gasteiger partial charge in [-0.25, -0.2) is 14.4 Å². The second-order valence-corrected chi connectivity index (χ2v) is 7.94. The summed E-state index contributed by atoms with van der Waals surface area (Å²) < 4.78 is 6.99. The molecule has 2 spiro atoms. The van der Waals surface area contributed by atoms with Gasteiger partial charge < -0.3 is 4.74 Å². The van der Waals surface area contributed by atoms with Gasteiger partial charge in [-0.15, -0.1) is 0 Å². The molecule has 8 amide bonds. The van der Waals surface area contributed by atoms with Crippen molar-refractivity contribution in [1.82, 2.24) is 28.7 Å². The number of hydrogen-bond acceptors (Lipinski definition) is 9. The van der Waals surface area contributed by atoms with Gasteiger partial charge in [-0.05, 0) is 0 Å². The van der Waals surface area contributed by atoms with E-state index in [1.54, 1.807) is 0 Å². The summed E-state index contributed by atoms with van der Waals surface area (Å²) in [6.07, 6.45) is 0. The van der Waals surface area contributed by atoms with Crippen LogP contribution in [-0.2, 0) is 38.7 Å². The van der Waals surface area contributed by atoms with E-state index in [1.807, 2.05) is 0 Å². The van der Waals surface area contributed by atoms with Crippen molar-refractivity contribution in [1.29, 1.82) is 0 Å². The maximum Gasteiger partial charge on any atom is 0.333 e. The number of carbonyl (C=O) groups excluding carboxylic acids is 6. The monoisotopic (exact) mass is 462 g/mol. The molecule has 2 saturated heterocycles. The van der Waals surface area contributed by atoms with Gasteiger partial charge in [0.05, 0.1) is 0 Å². The Balaban J connectivity index is 2.28. The van der Waals surface area contributed by atoms with Gasteiger partial charge in [0.15, 0.2) is 0 Å². The summed E-state index contributed by atoms with van der Waals surface area (Å²) in [5.41, 5.74) is -9.04. The van der Waals surface area contributed by atoms with Gasteiger partial charge >= 0.3 is 17.8 Å². The second kappa shape index (κ2) is 6.14. The zero-order valence-corrected chi connectivity index (χ0v) is 18.4. The Morgan fingerprint density at radius 1 is 0.576 bits per heavy atom. The van der Waals surface area contributed by atoms with E-state index >= 15 is 0 Å². The van der Waals surface area contributed by atoms with E-state index in [2.05, 4.69) is 0 Å². The van der Waals surface area contributed by atoms with Gasteiger partial charge in [0.2, 0.25) is 11.3 Å². The van der Waals surface area contributed by atoms with Crippen molar-refractivity contribution in [3.63, 3.8) is 0 Å². The van der Waals surface area contributed by atoms with E-state index in [-0.39, 0.29) is 0 Å². The number of carbonyl (C=O) groups is 6. The van der Waals surface area contributed by atoms with Gasteiger partial charge in [-0.3, -0.25) is 52.7 Å². The third kappa shape index (κ3) is 2.00. The number of likely N-dealkylation sites (N-methyl/N-ethyl adjacent to an activating group) is 4. The lowest BCUT2D eigenvalue weighted by molar-refractivity contribution is -0.181. The summed E-state index contributed by atoms with van der Waals surface area (Å²) in [6.45, 7) is 0. The lowest BCUT2D eigenvalue weighted by atomic mass is 9.64. The zero-order valence-electron chi connectivity index (χ0n) is 18.4. The number of barbiturate groups is 2. The Bertz CT molecular complexity index is 1310. The smallest absolute Gasteiger partial charge is 0.333 e. The van der Waals surface area contributed by atoms with Crippen molar-refractivity contribution < 1.29 is 33.5 Å². The molecule has 4 rings (SSSR count). The van der Waals surface area contributed by atoms with Gasteiger partial charge in [-0.1, -0.05) is 0 Å². The minimum absolute atomic E-state index is 0.453. The van der Waals surface area contributed by atoms with E-state index in [0.29, 0.717) is 24.2 Å². The molecule has 0 unspecified atom stereocenters. The minimum atomic E-state index is -3.11. The Hall–Kier alpha value is -4.30. The highest BCUT2D eigenvalue weighted by molar-refractivity contribution is 6.35. The first-order valence-electron chi connectivity index (χ1n) is 9.41. The number of amides is 8. The predicted molar refractivity (Wildman–Crippen MR) is 104 cm³/mol. The Kier molecular flexibility index (Phi) is 4.08. The summed E-state index contributed by atoms with van der Waals surface area (Å²) in [5.74, 6) is -6.32. The topological polar surface area (TPSA) is 169 Å². The highest BCUT2D eigenvalue weighted by Gasteiger charge is 2.83.